The van der Waals surface area contributed by atoms with E-state index in [-0.39, 0.29) is 18.4 Å². The van der Waals surface area contributed by atoms with E-state index in [4.69, 9.17) is 0 Å². The number of urea groups is 1. The van der Waals surface area contributed by atoms with Crippen LogP contribution in [0.25, 0.3) is 0 Å². The van der Waals surface area contributed by atoms with Gasteiger partial charge in [-0.15, -0.1) is 0 Å². The molecule has 2 aliphatic heterocycles. The predicted octanol–water partition coefficient (Wildman–Crippen LogP) is 2.14. The maximum atomic E-state index is 12.8. The van der Waals surface area contributed by atoms with Crippen molar-refractivity contribution in [2.75, 3.05) is 19.6 Å². The lowest BCUT2D eigenvalue weighted by Crippen LogP contribution is -2.50. The molecule has 1 spiro atoms. The van der Waals surface area contributed by atoms with E-state index in [0.717, 1.165) is 50.1 Å². The van der Waals surface area contributed by atoms with Gasteiger partial charge < -0.3 is 10.2 Å². The molecule has 0 radical (unpaired) electrons. The van der Waals surface area contributed by atoms with Crippen LogP contribution in [0.3, 0.4) is 0 Å². The maximum absolute atomic E-state index is 12.8. The van der Waals surface area contributed by atoms with Crippen molar-refractivity contribution in [3.05, 3.63) is 0 Å². The first-order chi connectivity index (χ1) is 11.4. The van der Waals surface area contributed by atoms with Gasteiger partial charge in [-0.3, -0.25) is 14.5 Å². The monoisotopic (exact) mass is 335 g/mol. The summed E-state index contributed by atoms with van der Waals surface area (Å²) in [5.74, 6) is 0.831. The summed E-state index contributed by atoms with van der Waals surface area (Å²) >= 11 is 0. The van der Waals surface area contributed by atoms with E-state index in [2.05, 4.69) is 19.2 Å². The molecule has 1 N–H and O–H groups in total. The van der Waals surface area contributed by atoms with Crippen molar-refractivity contribution in [1.29, 1.82) is 0 Å². The molecule has 24 heavy (non-hydrogen) atoms. The van der Waals surface area contributed by atoms with E-state index in [1.165, 1.54) is 0 Å². The zero-order chi connectivity index (χ0) is 17.3. The van der Waals surface area contributed by atoms with Gasteiger partial charge in [0.05, 0.1) is 0 Å². The van der Waals surface area contributed by atoms with Crippen molar-refractivity contribution >= 4 is 17.8 Å². The number of amides is 4. The molecule has 3 aliphatic rings. The summed E-state index contributed by atoms with van der Waals surface area (Å²) in [5, 5.41) is 2.90. The number of hydrogen-bond acceptors (Lipinski definition) is 3. The lowest BCUT2D eigenvalue weighted by Gasteiger charge is -2.35. The molecule has 6 heteroatoms. The molecule has 0 unspecified atom stereocenters. The quantitative estimate of drug-likeness (QED) is 0.803. The van der Waals surface area contributed by atoms with Crippen LogP contribution in [0.1, 0.15) is 58.8 Å². The molecule has 0 aromatic heterocycles. The molecule has 134 valence electrons. The van der Waals surface area contributed by atoms with Crippen molar-refractivity contribution in [1.82, 2.24) is 15.1 Å². The second-order valence-electron chi connectivity index (χ2n) is 7.84. The van der Waals surface area contributed by atoms with Gasteiger partial charge in [0.1, 0.15) is 12.1 Å². The van der Waals surface area contributed by atoms with Crippen LogP contribution < -0.4 is 5.32 Å². The number of nitrogens with zero attached hydrogens (tertiary/aromatic N) is 2. The van der Waals surface area contributed by atoms with Crippen LogP contribution >= 0.6 is 0 Å². The third-order valence-corrected chi connectivity index (χ3v) is 6.09. The molecule has 2 heterocycles. The van der Waals surface area contributed by atoms with Crippen molar-refractivity contribution in [3.8, 4) is 0 Å². The molecule has 6 nitrogen and oxygen atoms in total. The SMILES string of the molecule is CCC1CCC2(CC1)NC(=O)N(CC(=O)N1CCC[C@H](C)C1)C2=O. The molecular formula is C18H29N3O3. The van der Waals surface area contributed by atoms with Crippen molar-refractivity contribution < 1.29 is 14.4 Å². The summed E-state index contributed by atoms with van der Waals surface area (Å²) in [6.07, 6.45) is 6.57. The highest BCUT2D eigenvalue weighted by Crippen LogP contribution is 2.37. The third-order valence-electron chi connectivity index (χ3n) is 6.09. The molecule has 3 rings (SSSR count). The summed E-state index contributed by atoms with van der Waals surface area (Å²) < 4.78 is 0. The molecule has 2 saturated heterocycles. The number of hydrogen-bond donors (Lipinski definition) is 1. The highest BCUT2D eigenvalue weighted by atomic mass is 16.2. The summed E-state index contributed by atoms with van der Waals surface area (Å²) in [7, 11) is 0. The zero-order valence-corrected chi connectivity index (χ0v) is 14.8. The lowest BCUT2D eigenvalue weighted by atomic mass is 9.75. The first-order valence-corrected chi connectivity index (χ1v) is 9.37. The number of nitrogens with one attached hydrogen (secondary N) is 1. The molecule has 1 saturated carbocycles. The van der Waals surface area contributed by atoms with E-state index in [1.807, 2.05) is 0 Å². The van der Waals surface area contributed by atoms with Crippen LogP contribution in [-0.4, -0.2) is 52.8 Å². The fourth-order valence-electron chi connectivity index (χ4n) is 4.39. The van der Waals surface area contributed by atoms with E-state index < -0.39 is 11.6 Å². The summed E-state index contributed by atoms with van der Waals surface area (Å²) in [4.78, 5) is 40.6. The summed E-state index contributed by atoms with van der Waals surface area (Å²) in [5.41, 5.74) is -0.752. The van der Waals surface area contributed by atoms with Crippen LogP contribution in [0.5, 0.6) is 0 Å². The van der Waals surface area contributed by atoms with Crippen LogP contribution in [0.2, 0.25) is 0 Å². The zero-order valence-electron chi connectivity index (χ0n) is 14.8. The van der Waals surface area contributed by atoms with Crippen LogP contribution in [-0.2, 0) is 9.59 Å². The van der Waals surface area contributed by atoms with Crippen LogP contribution in [0.4, 0.5) is 4.79 Å². The Morgan fingerprint density at radius 1 is 1.25 bits per heavy atom. The molecule has 0 aromatic rings. The second-order valence-corrected chi connectivity index (χ2v) is 7.84. The second kappa shape index (κ2) is 6.73. The number of likely N-dealkylation sites (tertiary alicyclic amines) is 1. The Hall–Kier alpha value is -1.59. The smallest absolute Gasteiger partial charge is 0.325 e. The number of rotatable bonds is 3. The Morgan fingerprint density at radius 3 is 2.58 bits per heavy atom. The van der Waals surface area contributed by atoms with Gasteiger partial charge in [-0.2, -0.15) is 0 Å². The highest BCUT2D eigenvalue weighted by molar-refractivity contribution is 6.09. The minimum atomic E-state index is -0.752. The Balaban J connectivity index is 1.63. The molecule has 0 bridgehead atoms. The lowest BCUT2D eigenvalue weighted by molar-refractivity contribution is -0.140. The maximum Gasteiger partial charge on any atom is 0.325 e. The van der Waals surface area contributed by atoms with E-state index >= 15 is 0 Å². The number of imide groups is 1. The fraction of sp³-hybridized carbons (Fsp3) is 0.833. The summed E-state index contributed by atoms with van der Waals surface area (Å²) in [6.45, 7) is 5.65. The van der Waals surface area contributed by atoms with Gasteiger partial charge in [0.25, 0.3) is 5.91 Å². The summed E-state index contributed by atoms with van der Waals surface area (Å²) in [6, 6.07) is -0.395. The van der Waals surface area contributed by atoms with Gasteiger partial charge >= 0.3 is 6.03 Å². The number of carbonyl (C=O) groups excluding carboxylic acids is 3. The van der Waals surface area contributed by atoms with Gasteiger partial charge in [-0.25, -0.2) is 4.79 Å². The standard InChI is InChI=1S/C18H29N3O3/c1-3-14-6-8-18(9-7-14)16(23)21(17(24)19-18)12-15(22)20-10-4-5-13(2)11-20/h13-14H,3-12H2,1-2H3,(H,19,24)/t13-,14?,18?/m0/s1. The topological polar surface area (TPSA) is 69.7 Å². The van der Waals surface area contributed by atoms with Gasteiger partial charge in [0.15, 0.2) is 0 Å². The average Bonchev–Trinajstić information content (AvgIpc) is 2.80. The highest BCUT2D eigenvalue weighted by Gasteiger charge is 2.52. The van der Waals surface area contributed by atoms with E-state index in [0.29, 0.717) is 24.7 Å². The minimum Gasteiger partial charge on any atom is -0.341 e. The Bertz CT molecular complexity index is 526. The van der Waals surface area contributed by atoms with Crippen LogP contribution in [0, 0.1) is 11.8 Å². The first-order valence-electron chi connectivity index (χ1n) is 9.37. The Kier molecular flexibility index (Phi) is 4.83. The molecule has 4 amide bonds. The molecular weight excluding hydrogens is 306 g/mol. The average molecular weight is 335 g/mol. The van der Waals surface area contributed by atoms with Gasteiger partial charge in [0, 0.05) is 13.1 Å². The number of carbonyl (C=O) groups is 3. The van der Waals surface area contributed by atoms with Crippen molar-refractivity contribution in [2.45, 2.75) is 64.3 Å². The van der Waals surface area contributed by atoms with Crippen LogP contribution in [0.15, 0.2) is 0 Å². The fourth-order valence-corrected chi connectivity index (χ4v) is 4.39. The third kappa shape index (κ3) is 3.15. The minimum absolute atomic E-state index is 0.107. The van der Waals surface area contributed by atoms with Gasteiger partial charge in [0.2, 0.25) is 5.91 Å². The molecule has 3 fully saturated rings. The van der Waals surface area contributed by atoms with Crippen molar-refractivity contribution in [3.63, 3.8) is 0 Å². The predicted molar refractivity (Wildman–Crippen MR) is 90.2 cm³/mol. The Labute approximate surface area is 143 Å². The van der Waals surface area contributed by atoms with Gasteiger partial charge in [-0.1, -0.05) is 20.3 Å². The molecule has 0 aromatic carbocycles. The largest absolute Gasteiger partial charge is 0.341 e. The normalized spacial score (nSPS) is 33.9. The Morgan fingerprint density at radius 2 is 1.96 bits per heavy atom. The van der Waals surface area contributed by atoms with Gasteiger partial charge in [-0.05, 0) is 50.4 Å². The molecule has 1 atom stereocenters. The van der Waals surface area contributed by atoms with Crippen molar-refractivity contribution in [2.24, 2.45) is 11.8 Å². The van der Waals surface area contributed by atoms with E-state index in [1.54, 1.807) is 4.90 Å². The molecule has 1 aliphatic carbocycles. The number of piperidine rings is 1. The van der Waals surface area contributed by atoms with E-state index in [9.17, 15) is 14.4 Å². The first kappa shape index (κ1) is 17.2.